The summed E-state index contributed by atoms with van der Waals surface area (Å²) in [5.41, 5.74) is 0.983. The maximum atomic E-state index is 8.88. The third-order valence-corrected chi connectivity index (χ3v) is 1.76. The maximum Gasteiger partial charge on any atom is 0.466 e. The summed E-state index contributed by atoms with van der Waals surface area (Å²) in [4.78, 5) is 25.7. The Kier molecular flexibility index (Phi) is 4.41. The van der Waals surface area contributed by atoms with Gasteiger partial charge in [0.2, 0.25) is 0 Å². The van der Waals surface area contributed by atoms with Crippen LogP contribution in [0.3, 0.4) is 0 Å². The number of benzene rings is 1. The second-order valence-electron chi connectivity index (χ2n) is 2.86. The monoisotopic (exact) mass is 261 g/mol. The Balaban J connectivity index is 0.000000221. The number of pyridine rings is 1. The Morgan fingerprint density at radius 1 is 1.19 bits per heavy atom. The first-order chi connectivity index (χ1) is 7.36. The smallest absolute Gasteiger partial charge is 0.303 e. The fraction of sp³-hybridized carbons (Fsp3) is 0. The lowest BCUT2D eigenvalue weighted by atomic mass is 10.2. The van der Waals surface area contributed by atoms with Gasteiger partial charge in [-0.3, -0.25) is 4.98 Å². The molecule has 0 saturated heterocycles. The van der Waals surface area contributed by atoms with Crippen molar-refractivity contribution >= 4 is 30.3 Å². The molecule has 1 aromatic carbocycles. The highest BCUT2D eigenvalue weighted by Crippen LogP contribution is 2.25. The quantitative estimate of drug-likeness (QED) is 0.631. The van der Waals surface area contributed by atoms with E-state index in [-0.39, 0.29) is 0 Å². The van der Waals surface area contributed by atoms with E-state index in [1.807, 2.05) is 30.3 Å². The Hall–Kier alpha value is -0.970. The van der Waals surface area contributed by atoms with E-state index in [1.54, 1.807) is 6.20 Å². The zero-order valence-corrected chi connectivity index (χ0v) is 9.64. The lowest BCUT2D eigenvalue weighted by Crippen LogP contribution is -1.75. The van der Waals surface area contributed by atoms with Crippen LogP contribution in [-0.4, -0.2) is 19.7 Å². The van der Waals surface area contributed by atoms with Crippen molar-refractivity contribution in [1.82, 2.24) is 4.98 Å². The molecule has 0 bridgehead atoms. The fourth-order valence-electron chi connectivity index (χ4n) is 1.04. The van der Waals surface area contributed by atoms with Crippen LogP contribution in [0.5, 0.6) is 0 Å². The van der Waals surface area contributed by atoms with Gasteiger partial charge in [-0.15, -0.1) is 0 Å². The SMILES string of the molecule is Clc1cnc2ccccc2c1.O=P(O)(O)O. The molecule has 3 N–H and O–H groups in total. The number of hydrogen-bond acceptors (Lipinski definition) is 2. The molecule has 5 nitrogen and oxygen atoms in total. The summed E-state index contributed by atoms with van der Waals surface area (Å²) in [7, 11) is -4.64. The predicted molar refractivity (Wildman–Crippen MR) is 61.0 cm³/mol. The van der Waals surface area contributed by atoms with Gasteiger partial charge >= 0.3 is 7.82 Å². The minimum absolute atomic E-state index is 0.684. The Bertz CT molecular complexity index is 519. The van der Waals surface area contributed by atoms with Gasteiger partial charge in [-0.1, -0.05) is 29.8 Å². The molecule has 0 aliphatic rings. The van der Waals surface area contributed by atoms with Gasteiger partial charge in [0, 0.05) is 11.6 Å². The van der Waals surface area contributed by atoms with Gasteiger partial charge in [0.1, 0.15) is 0 Å². The van der Waals surface area contributed by atoms with Crippen LogP contribution >= 0.6 is 19.4 Å². The first kappa shape index (κ1) is 13.1. The molecule has 2 rings (SSSR count). The third-order valence-electron chi connectivity index (χ3n) is 1.56. The lowest BCUT2D eigenvalue weighted by Gasteiger charge is -1.94. The average molecular weight is 262 g/mol. The highest BCUT2D eigenvalue weighted by atomic mass is 35.5. The summed E-state index contributed by atoms with van der Waals surface area (Å²) in [6, 6.07) is 9.80. The summed E-state index contributed by atoms with van der Waals surface area (Å²) >= 11 is 5.76. The van der Waals surface area contributed by atoms with Crippen molar-refractivity contribution in [3.05, 3.63) is 41.6 Å². The van der Waals surface area contributed by atoms with E-state index in [1.165, 1.54) is 0 Å². The Morgan fingerprint density at radius 3 is 2.38 bits per heavy atom. The highest BCUT2D eigenvalue weighted by molar-refractivity contribution is 7.45. The number of aromatic nitrogens is 1. The normalized spacial score (nSPS) is 10.8. The largest absolute Gasteiger partial charge is 0.466 e. The van der Waals surface area contributed by atoms with Gasteiger partial charge in [0.15, 0.2) is 0 Å². The molecule has 16 heavy (non-hydrogen) atoms. The molecular formula is C9H9ClNO4P. The third kappa shape index (κ3) is 5.21. The second-order valence-corrected chi connectivity index (χ2v) is 4.32. The summed E-state index contributed by atoms with van der Waals surface area (Å²) in [6.07, 6.45) is 1.66. The van der Waals surface area contributed by atoms with Crippen molar-refractivity contribution in [3.63, 3.8) is 0 Å². The van der Waals surface area contributed by atoms with Gasteiger partial charge in [0.25, 0.3) is 0 Å². The van der Waals surface area contributed by atoms with Crippen LogP contribution in [0.2, 0.25) is 5.02 Å². The number of para-hydroxylation sites is 1. The van der Waals surface area contributed by atoms with Crippen molar-refractivity contribution in [2.24, 2.45) is 0 Å². The molecule has 0 radical (unpaired) electrons. The van der Waals surface area contributed by atoms with Crippen LogP contribution in [-0.2, 0) is 4.57 Å². The standard InChI is InChI=1S/C9H6ClN.H3O4P/c10-8-5-7-3-1-2-4-9(7)11-6-8;1-5(2,3)4/h1-6H;(H3,1,2,3,4). The summed E-state index contributed by atoms with van der Waals surface area (Å²) in [6.45, 7) is 0. The Labute approximate surface area is 96.6 Å². The van der Waals surface area contributed by atoms with Crippen LogP contribution in [0.4, 0.5) is 0 Å². The molecule has 0 amide bonds. The summed E-state index contributed by atoms with van der Waals surface area (Å²) in [5, 5.41) is 1.77. The highest BCUT2D eigenvalue weighted by Gasteiger charge is 2.00. The van der Waals surface area contributed by atoms with Crippen molar-refractivity contribution in [2.75, 3.05) is 0 Å². The number of rotatable bonds is 0. The molecule has 1 aromatic heterocycles. The van der Waals surface area contributed by atoms with Crippen molar-refractivity contribution in [2.45, 2.75) is 0 Å². The number of phosphoric acid groups is 1. The zero-order chi connectivity index (χ0) is 12.2. The first-order valence-electron chi connectivity index (χ1n) is 4.15. The first-order valence-corrected chi connectivity index (χ1v) is 6.09. The topological polar surface area (TPSA) is 90.7 Å². The number of hydrogen-bond donors (Lipinski definition) is 3. The fourth-order valence-corrected chi connectivity index (χ4v) is 1.21. The maximum absolute atomic E-state index is 8.88. The van der Waals surface area contributed by atoms with Gasteiger partial charge in [0.05, 0.1) is 10.5 Å². The van der Waals surface area contributed by atoms with Crippen LogP contribution < -0.4 is 0 Å². The molecular weight excluding hydrogens is 253 g/mol. The minimum Gasteiger partial charge on any atom is -0.303 e. The number of halogens is 1. The van der Waals surface area contributed by atoms with Gasteiger partial charge in [-0.25, -0.2) is 4.57 Å². The second kappa shape index (κ2) is 5.39. The van der Waals surface area contributed by atoms with E-state index >= 15 is 0 Å². The van der Waals surface area contributed by atoms with E-state index in [9.17, 15) is 0 Å². The van der Waals surface area contributed by atoms with Crippen molar-refractivity contribution in [3.8, 4) is 0 Å². The molecule has 0 saturated carbocycles. The van der Waals surface area contributed by atoms with E-state index in [2.05, 4.69) is 4.98 Å². The summed E-state index contributed by atoms with van der Waals surface area (Å²) in [5.74, 6) is 0. The zero-order valence-electron chi connectivity index (χ0n) is 7.99. The molecule has 0 unspecified atom stereocenters. The molecule has 7 heteroatoms. The molecule has 0 aliphatic carbocycles. The van der Waals surface area contributed by atoms with Gasteiger partial charge in [-0.2, -0.15) is 0 Å². The molecule has 0 atom stereocenters. The van der Waals surface area contributed by atoms with E-state index < -0.39 is 7.82 Å². The lowest BCUT2D eigenvalue weighted by molar-refractivity contribution is 0.275. The van der Waals surface area contributed by atoms with Gasteiger partial charge < -0.3 is 14.7 Å². The number of nitrogens with zero attached hydrogens (tertiary/aromatic N) is 1. The molecule has 86 valence electrons. The van der Waals surface area contributed by atoms with Crippen LogP contribution in [0.1, 0.15) is 0 Å². The predicted octanol–water partition coefficient (Wildman–Crippen LogP) is 1.96. The molecule has 2 aromatic rings. The Morgan fingerprint density at radius 2 is 1.75 bits per heavy atom. The van der Waals surface area contributed by atoms with E-state index in [0.29, 0.717) is 5.02 Å². The molecule has 0 spiro atoms. The molecule has 1 heterocycles. The van der Waals surface area contributed by atoms with Crippen LogP contribution in [0.25, 0.3) is 10.9 Å². The van der Waals surface area contributed by atoms with Gasteiger partial charge in [-0.05, 0) is 12.1 Å². The van der Waals surface area contributed by atoms with E-state index in [4.69, 9.17) is 30.8 Å². The summed E-state index contributed by atoms with van der Waals surface area (Å²) < 4.78 is 8.88. The van der Waals surface area contributed by atoms with Crippen molar-refractivity contribution in [1.29, 1.82) is 0 Å². The number of fused-ring (bicyclic) bond motifs is 1. The molecule has 0 fully saturated rings. The van der Waals surface area contributed by atoms with Crippen LogP contribution in [0, 0.1) is 0 Å². The van der Waals surface area contributed by atoms with Crippen molar-refractivity contribution < 1.29 is 19.2 Å². The van der Waals surface area contributed by atoms with Crippen LogP contribution in [0.15, 0.2) is 36.5 Å². The van der Waals surface area contributed by atoms with E-state index in [0.717, 1.165) is 10.9 Å². The minimum atomic E-state index is -4.64. The molecule has 0 aliphatic heterocycles. The average Bonchev–Trinajstić information content (AvgIpc) is 2.15.